The van der Waals surface area contributed by atoms with Crippen molar-refractivity contribution in [2.45, 2.75) is 13.1 Å². The number of carbonyl (C=O) groups is 1. The molecule has 2 aromatic rings. The first kappa shape index (κ1) is 17.9. The average molecular weight is 326 g/mol. The van der Waals surface area contributed by atoms with Crippen LogP contribution < -0.4 is 4.90 Å². The van der Waals surface area contributed by atoms with E-state index in [4.69, 9.17) is 0 Å². The second-order valence-electron chi connectivity index (χ2n) is 6.44. The van der Waals surface area contributed by atoms with Gasteiger partial charge in [0, 0.05) is 34.2 Å². The van der Waals surface area contributed by atoms with E-state index in [0.29, 0.717) is 5.69 Å². The van der Waals surface area contributed by atoms with E-state index in [-0.39, 0.29) is 5.91 Å². The second-order valence-corrected chi connectivity index (χ2v) is 6.44. The minimum absolute atomic E-state index is 0.0849. The maximum Gasteiger partial charge on any atom is 0.272 e. The topological polar surface area (TPSA) is 39.7 Å². The lowest BCUT2D eigenvalue weighted by Crippen LogP contribution is -2.25. The summed E-state index contributed by atoms with van der Waals surface area (Å²) in [5.74, 6) is 0.709. The van der Waals surface area contributed by atoms with Crippen LogP contribution in [0.15, 0.2) is 42.5 Å². The van der Waals surface area contributed by atoms with Crippen molar-refractivity contribution in [3.63, 3.8) is 0 Å². The van der Waals surface area contributed by atoms with Crippen LogP contribution in [0.4, 0.5) is 5.82 Å². The van der Waals surface area contributed by atoms with Crippen molar-refractivity contribution in [3.05, 3.63) is 59.3 Å². The molecule has 1 aromatic carbocycles. The number of amides is 1. The number of rotatable bonds is 6. The zero-order chi connectivity index (χ0) is 17.7. The van der Waals surface area contributed by atoms with E-state index >= 15 is 0 Å². The van der Waals surface area contributed by atoms with Gasteiger partial charge < -0.3 is 14.7 Å². The number of pyridine rings is 1. The van der Waals surface area contributed by atoms with Crippen molar-refractivity contribution < 1.29 is 4.79 Å². The molecule has 2 rings (SSSR count). The fourth-order valence-electron chi connectivity index (χ4n) is 2.53. The van der Waals surface area contributed by atoms with Crippen LogP contribution in [-0.4, -0.2) is 55.9 Å². The lowest BCUT2D eigenvalue weighted by Gasteiger charge is -2.22. The standard InChI is InChI=1S/C19H26N4O/c1-21(2)13-15-9-6-7-10-16(15)14-23(5)18-12-8-11-17(20-18)19(24)22(3)4/h6-12H,13-14H2,1-5H3. The fourth-order valence-corrected chi connectivity index (χ4v) is 2.53. The Morgan fingerprint density at radius 1 is 0.875 bits per heavy atom. The molecule has 0 unspecified atom stereocenters. The number of hydrogen-bond acceptors (Lipinski definition) is 4. The van der Waals surface area contributed by atoms with E-state index in [9.17, 15) is 4.79 Å². The Bertz CT molecular complexity index is 697. The Morgan fingerprint density at radius 3 is 2.08 bits per heavy atom. The third-order valence-corrected chi connectivity index (χ3v) is 3.76. The van der Waals surface area contributed by atoms with Gasteiger partial charge >= 0.3 is 0 Å². The lowest BCUT2D eigenvalue weighted by molar-refractivity contribution is 0.0822. The van der Waals surface area contributed by atoms with Gasteiger partial charge in [0.1, 0.15) is 11.5 Å². The molecule has 0 bridgehead atoms. The normalized spacial score (nSPS) is 10.8. The summed E-state index contributed by atoms with van der Waals surface area (Å²) in [6, 6.07) is 14.0. The Kier molecular flexibility index (Phi) is 5.93. The van der Waals surface area contributed by atoms with Gasteiger partial charge in [0.25, 0.3) is 5.91 Å². The van der Waals surface area contributed by atoms with E-state index in [1.807, 2.05) is 19.2 Å². The highest BCUT2D eigenvalue weighted by atomic mass is 16.2. The number of anilines is 1. The molecule has 1 heterocycles. The summed E-state index contributed by atoms with van der Waals surface area (Å²) in [7, 11) is 9.60. The van der Waals surface area contributed by atoms with E-state index in [1.54, 1.807) is 25.1 Å². The van der Waals surface area contributed by atoms with Crippen LogP contribution in [0.5, 0.6) is 0 Å². The molecule has 0 spiro atoms. The molecule has 1 aromatic heterocycles. The van der Waals surface area contributed by atoms with Crippen LogP contribution in [0.2, 0.25) is 0 Å². The third-order valence-electron chi connectivity index (χ3n) is 3.76. The van der Waals surface area contributed by atoms with E-state index < -0.39 is 0 Å². The molecule has 0 aliphatic rings. The molecular formula is C19H26N4O. The second kappa shape index (κ2) is 7.93. The molecule has 128 valence electrons. The molecule has 0 aliphatic heterocycles. The van der Waals surface area contributed by atoms with Crippen molar-refractivity contribution >= 4 is 11.7 Å². The summed E-state index contributed by atoms with van der Waals surface area (Å²) in [6.07, 6.45) is 0. The van der Waals surface area contributed by atoms with Crippen LogP contribution in [-0.2, 0) is 13.1 Å². The maximum absolute atomic E-state index is 12.1. The zero-order valence-corrected chi connectivity index (χ0v) is 15.2. The van der Waals surface area contributed by atoms with Gasteiger partial charge in [-0.25, -0.2) is 4.98 Å². The number of benzene rings is 1. The predicted molar refractivity (Wildman–Crippen MR) is 98.2 cm³/mol. The van der Waals surface area contributed by atoms with Crippen LogP contribution in [0.3, 0.4) is 0 Å². The first-order valence-electron chi connectivity index (χ1n) is 8.00. The van der Waals surface area contributed by atoms with E-state index in [0.717, 1.165) is 18.9 Å². The average Bonchev–Trinajstić information content (AvgIpc) is 2.55. The molecule has 5 nitrogen and oxygen atoms in total. The summed E-state index contributed by atoms with van der Waals surface area (Å²) >= 11 is 0. The van der Waals surface area contributed by atoms with Gasteiger partial charge in [-0.1, -0.05) is 30.3 Å². The minimum atomic E-state index is -0.0849. The summed E-state index contributed by atoms with van der Waals surface area (Å²) in [4.78, 5) is 22.4. The number of carbonyl (C=O) groups excluding carboxylic acids is 1. The Labute approximate surface area is 144 Å². The molecule has 5 heteroatoms. The zero-order valence-electron chi connectivity index (χ0n) is 15.2. The molecule has 0 fully saturated rings. The van der Waals surface area contributed by atoms with Gasteiger partial charge in [-0.15, -0.1) is 0 Å². The van der Waals surface area contributed by atoms with Crippen molar-refractivity contribution in [3.8, 4) is 0 Å². The smallest absolute Gasteiger partial charge is 0.272 e. The number of nitrogens with zero attached hydrogens (tertiary/aromatic N) is 4. The van der Waals surface area contributed by atoms with Crippen LogP contribution in [0.1, 0.15) is 21.6 Å². The fraction of sp³-hybridized carbons (Fsp3) is 0.368. The van der Waals surface area contributed by atoms with Gasteiger partial charge in [0.2, 0.25) is 0 Å². The predicted octanol–water partition coefficient (Wildman–Crippen LogP) is 2.48. The van der Waals surface area contributed by atoms with Crippen molar-refractivity contribution in [2.75, 3.05) is 40.1 Å². The van der Waals surface area contributed by atoms with E-state index in [1.165, 1.54) is 11.1 Å². The molecule has 0 aliphatic carbocycles. The molecule has 1 amide bonds. The quantitative estimate of drug-likeness (QED) is 0.818. The monoisotopic (exact) mass is 326 g/mol. The first-order chi connectivity index (χ1) is 11.4. The maximum atomic E-state index is 12.1. The summed E-state index contributed by atoms with van der Waals surface area (Å²) in [5.41, 5.74) is 3.03. The minimum Gasteiger partial charge on any atom is -0.355 e. The molecule has 0 saturated carbocycles. The van der Waals surface area contributed by atoms with Crippen LogP contribution >= 0.6 is 0 Å². The highest BCUT2D eigenvalue weighted by Gasteiger charge is 2.13. The Morgan fingerprint density at radius 2 is 1.50 bits per heavy atom. The van der Waals surface area contributed by atoms with Gasteiger partial charge in [0.15, 0.2) is 0 Å². The van der Waals surface area contributed by atoms with Crippen molar-refractivity contribution in [1.82, 2.24) is 14.8 Å². The van der Waals surface area contributed by atoms with Gasteiger partial charge in [-0.05, 0) is 37.4 Å². The largest absolute Gasteiger partial charge is 0.355 e. The van der Waals surface area contributed by atoms with Crippen molar-refractivity contribution in [1.29, 1.82) is 0 Å². The lowest BCUT2D eigenvalue weighted by atomic mass is 10.1. The summed E-state index contributed by atoms with van der Waals surface area (Å²) < 4.78 is 0. The summed E-state index contributed by atoms with van der Waals surface area (Å²) in [5, 5.41) is 0. The van der Waals surface area contributed by atoms with E-state index in [2.05, 4.69) is 53.1 Å². The SMILES string of the molecule is CN(C)Cc1ccccc1CN(C)c1cccc(C(=O)N(C)C)n1. The van der Waals surface area contributed by atoms with Gasteiger partial charge in [0.05, 0.1) is 0 Å². The van der Waals surface area contributed by atoms with Crippen LogP contribution in [0.25, 0.3) is 0 Å². The molecule has 0 radical (unpaired) electrons. The molecule has 0 atom stereocenters. The highest BCUT2D eigenvalue weighted by Crippen LogP contribution is 2.17. The number of aromatic nitrogens is 1. The summed E-state index contributed by atoms with van der Waals surface area (Å²) in [6.45, 7) is 1.65. The first-order valence-corrected chi connectivity index (χ1v) is 8.00. The van der Waals surface area contributed by atoms with Crippen molar-refractivity contribution in [2.24, 2.45) is 0 Å². The van der Waals surface area contributed by atoms with Crippen LogP contribution in [0, 0.1) is 0 Å². The highest BCUT2D eigenvalue weighted by molar-refractivity contribution is 5.92. The Balaban J connectivity index is 2.20. The Hall–Kier alpha value is -2.40. The third kappa shape index (κ3) is 4.55. The molecular weight excluding hydrogens is 300 g/mol. The van der Waals surface area contributed by atoms with Gasteiger partial charge in [-0.2, -0.15) is 0 Å². The molecule has 0 saturated heterocycles. The number of hydrogen-bond donors (Lipinski definition) is 0. The molecule has 0 N–H and O–H groups in total. The van der Waals surface area contributed by atoms with Gasteiger partial charge in [-0.3, -0.25) is 4.79 Å². The molecule has 24 heavy (non-hydrogen) atoms.